The predicted molar refractivity (Wildman–Crippen MR) is 52.8 cm³/mol. The number of rotatable bonds is 10. The lowest BCUT2D eigenvalue weighted by Crippen LogP contribution is -2.09. The molecule has 0 unspecified atom stereocenters. The molecule has 0 aromatic carbocycles. The van der Waals surface area contributed by atoms with E-state index >= 15 is 0 Å². The maximum absolute atomic E-state index is 10.1. The van der Waals surface area contributed by atoms with Crippen LogP contribution < -0.4 is 0 Å². The van der Waals surface area contributed by atoms with Crippen molar-refractivity contribution in [1.29, 1.82) is 0 Å². The molecule has 0 radical (unpaired) electrons. The van der Waals surface area contributed by atoms with Gasteiger partial charge in [0.25, 0.3) is 0 Å². The molecule has 0 aromatic rings. The lowest BCUT2D eigenvalue weighted by atomic mass is 10.3. The molecular weight excluding hydrogens is 203 g/mol. The number of hydrogen-bond acceptors (Lipinski definition) is 4. The Bertz CT molecular complexity index is 176. The van der Waals surface area contributed by atoms with Gasteiger partial charge < -0.3 is 19.5 Å². The molecule has 0 saturated heterocycles. The topological polar surface area (TPSA) is 93.1 Å². The Balaban J connectivity index is 2.99. The summed E-state index contributed by atoms with van der Waals surface area (Å²) < 4.78 is 9.92. The van der Waals surface area contributed by atoms with E-state index in [2.05, 4.69) is 0 Å². The second-order valence-electron chi connectivity index (χ2n) is 2.93. The highest BCUT2D eigenvalue weighted by atomic mass is 16.6. The molecule has 0 spiro atoms. The van der Waals surface area contributed by atoms with Gasteiger partial charge in [-0.15, -0.1) is 0 Å². The Kier molecular flexibility index (Phi) is 8.80. The monoisotopic (exact) mass is 218 g/mol. The summed E-state index contributed by atoms with van der Waals surface area (Å²) >= 11 is 0. The van der Waals surface area contributed by atoms with Crippen LogP contribution in [0.5, 0.6) is 0 Å². The third-order valence-electron chi connectivity index (χ3n) is 1.53. The maximum Gasteiger partial charge on any atom is 0.438 e. The first kappa shape index (κ1) is 13.9. The molecule has 0 fully saturated rings. The molecule has 6 nitrogen and oxygen atoms in total. The molecule has 0 aliphatic carbocycles. The fourth-order valence-electron chi connectivity index (χ4n) is 0.828. The minimum atomic E-state index is -0.846. The summed E-state index contributed by atoms with van der Waals surface area (Å²) in [6.07, 6.45) is 1.07. The first-order valence-corrected chi connectivity index (χ1v) is 4.72. The SMILES string of the molecule is O=C(O)CCCOBOCCCC(=O)O. The number of carboxylic acid groups (broad SMARTS) is 2. The quantitative estimate of drug-likeness (QED) is 0.396. The summed E-state index contributed by atoms with van der Waals surface area (Å²) in [5, 5.41) is 16.6. The summed E-state index contributed by atoms with van der Waals surface area (Å²) in [6.45, 7) is 0.677. The molecule has 0 aliphatic heterocycles. The molecule has 7 heteroatoms. The van der Waals surface area contributed by atoms with Gasteiger partial charge in [0.15, 0.2) is 0 Å². The van der Waals surface area contributed by atoms with E-state index in [4.69, 9.17) is 19.5 Å². The van der Waals surface area contributed by atoms with Crippen molar-refractivity contribution in [2.75, 3.05) is 13.2 Å². The van der Waals surface area contributed by atoms with Gasteiger partial charge in [-0.05, 0) is 12.8 Å². The normalized spacial score (nSPS) is 9.87. The largest absolute Gasteiger partial charge is 0.481 e. The van der Waals surface area contributed by atoms with Crippen LogP contribution in [0, 0.1) is 0 Å². The van der Waals surface area contributed by atoms with E-state index in [1.54, 1.807) is 0 Å². The molecule has 0 atom stereocenters. The minimum Gasteiger partial charge on any atom is -0.481 e. The van der Waals surface area contributed by atoms with Crippen molar-refractivity contribution in [3.63, 3.8) is 0 Å². The van der Waals surface area contributed by atoms with E-state index in [0.29, 0.717) is 26.1 Å². The van der Waals surface area contributed by atoms with Crippen LogP contribution in [0.4, 0.5) is 0 Å². The average Bonchev–Trinajstić information content (AvgIpc) is 2.14. The zero-order valence-electron chi connectivity index (χ0n) is 8.48. The first-order chi connectivity index (χ1) is 7.13. The Morgan fingerprint density at radius 1 is 0.933 bits per heavy atom. The molecule has 0 amide bonds. The van der Waals surface area contributed by atoms with Gasteiger partial charge >= 0.3 is 19.6 Å². The van der Waals surface area contributed by atoms with Crippen molar-refractivity contribution < 1.29 is 29.1 Å². The van der Waals surface area contributed by atoms with Crippen molar-refractivity contribution in [3.8, 4) is 0 Å². The van der Waals surface area contributed by atoms with Crippen molar-refractivity contribution >= 4 is 19.6 Å². The molecule has 15 heavy (non-hydrogen) atoms. The van der Waals surface area contributed by atoms with Crippen molar-refractivity contribution in [1.82, 2.24) is 0 Å². The molecule has 2 N–H and O–H groups in total. The fraction of sp³-hybridized carbons (Fsp3) is 0.750. The Morgan fingerprint density at radius 2 is 1.33 bits per heavy atom. The van der Waals surface area contributed by atoms with E-state index in [1.165, 1.54) is 0 Å². The van der Waals surface area contributed by atoms with Gasteiger partial charge in [0.2, 0.25) is 0 Å². The minimum absolute atomic E-state index is 0.0824. The Hall–Kier alpha value is -1.08. The van der Waals surface area contributed by atoms with Crippen LogP contribution in [0.1, 0.15) is 25.7 Å². The first-order valence-electron chi connectivity index (χ1n) is 4.72. The van der Waals surface area contributed by atoms with Gasteiger partial charge in [-0.2, -0.15) is 0 Å². The number of carbonyl (C=O) groups is 2. The number of carboxylic acids is 2. The number of aliphatic carboxylic acids is 2. The van der Waals surface area contributed by atoms with Crippen molar-refractivity contribution in [3.05, 3.63) is 0 Å². The van der Waals surface area contributed by atoms with Crippen LogP contribution in [-0.2, 0) is 18.9 Å². The summed E-state index contributed by atoms with van der Waals surface area (Å²) in [7, 11) is 0.0826. The smallest absolute Gasteiger partial charge is 0.438 e. The number of hydrogen-bond donors (Lipinski definition) is 2. The van der Waals surface area contributed by atoms with Crippen LogP contribution in [0.3, 0.4) is 0 Å². The lowest BCUT2D eigenvalue weighted by molar-refractivity contribution is -0.138. The predicted octanol–water partition coefficient (Wildman–Crippen LogP) is 0.0157. The second kappa shape index (κ2) is 9.48. The summed E-state index contributed by atoms with van der Waals surface area (Å²) in [5.74, 6) is -1.69. The van der Waals surface area contributed by atoms with Gasteiger partial charge in [0, 0.05) is 26.1 Å². The third-order valence-corrected chi connectivity index (χ3v) is 1.53. The summed E-state index contributed by atoms with van der Waals surface area (Å²) in [6, 6.07) is 0. The zero-order chi connectivity index (χ0) is 11.5. The Morgan fingerprint density at radius 3 is 1.67 bits per heavy atom. The highest BCUT2D eigenvalue weighted by Gasteiger charge is 1.99. The molecule has 0 heterocycles. The molecule has 0 saturated carbocycles. The Labute approximate surface area is 88.5 Å². The molecular formula is C8H15BO6. The fourth-order valence-corrected chi connectivity index (χ4v) is 0.828. The van der Waals surface area contributed by atoms with Crippen molar-refractivity contribution in [2.45, 2.75) is 25.7 Å². The third kappa shape index (κ3) is 12.9. The molecule has 86 valence electrons. The maximum atomic E-state index is 10.1. The second-order valence-corrected chi connectivity index (χ2v) is 2.93. The van der Waals surface area contributed by atoms with Crippen LogP contribution in [0.2, 0.25) is 0 Å². The van der Waals surface area contributed by atoms with Crippen LogP contribution in [0.25, 0.3) is 0 Å². The van der Waals surface area contributed by atoms with Crippen molar-refractivity contribution in [2.24, 2.45) is 0 Å². The van der Waals surface area contributed by atoms with Crippen LogP contribution >= 0.6 is 0 Å². The highest BCUT2D eigenvalue weighted by Crippen LogP contribution is 1.91. The zero-order valence-corrected chi connectivity index (χ0v) is 8.48. The molecule has 0 aromatic heterocycles. The van der Waals surface area contributed by atoms with Gasteiger partial charge in [0.1, 0.15) is 0 Å². The van der Waals surface area contributed by atoms with Gasteiger partial charge in [-0.1, -0.05) is 0 Å². The molecule has 0 bridgehead atoms. The van der Waals surface area contributed by atoms with E-state index in [0.717, 1.165) is 0 Å². The lowest BCUT2D eigenvalue weighted by Gasteiger charge is -2.02. The standard InChI is InChI=1S/C8H15BO6/c10-7(11)3-1-5-14-9-15-6-2-4-8(12)13/h9H,1-6H2,(H,10,11)(H,12,13). The van der Waals surface area contributed by atoms with E-state index < -0.39 is 11.9 Å². The van der Waals surface area contributed by atoms with Gasteiger partial charge in [-0.3, -0.25) is 9.59 Å². The van der Waals surface area contributed by atoms with Crippen LogP contribution in [-0.4, -0.2) is 43.1 Å². The van der Waals surface area contributed by atoms with Gasteiger partial charge in [0.05, 0.1) is 0 Å². The van der Waals surface area contributed by atoms with Gasteiger partial charge in [-0.25, -0.2) is 0 Å². The van der Waals surface area contributed by atoms with Crippen LogP contribution in [0.15, 0.2) is 0 Å². The van der Waals surface area contributed by atoms with E-state index in [1.807, 2.05) is 0 Å². The highest BCUT2D eigenvalue weighted by molar-refractivity contribution is 6.17. The van der Waals surface area contributed by atoms with E-state index in [9.17, 15) is 9.59 Å². The summed E-state index contributed by atoms with van der Waals surface area (Å²) in [4.78, 5) is 20.2. The molecule has 0 rings (SSSR count). The van der Waals surface area contributed by atoms with E-state index in [-0.39, 0.29) is 20.5 Å². The average molecular weight is 218 g/mol. The summed E-state index contributed by atoms with van der Waals surface area (Å²) in [5.41, 5.74) is 0. The molecule has 0 aliphatic rings.